The van der Waals surface area contributed by atoms with E-state index in [1.807, 2.05) is 18.2 Å². The van der Waals surface area contributed by atoms with Crippen LogP contribution in [0.5, 0.6) is 0 Å². The second-order valence-corrected chi connectivity index (χ2v) is 6.67. The molecule has 2 amide bonds. The zero-order valence-corrected chi connectivity index (χ0v) is 13.0. The SMILES string of the molecule is O=C1[C@@H]2C[C@H](O)CCN2C(=O)CN1CCSc1ccccn1. The highest BCUT2D eigenvalue weighted by Gasteiger charge is 2.42. The number of aromatic nitrogens is 1. The van der Waals surface area contributed by atoms with Crippen LogP contribution in [0.1, 0.15) is 12.8 Å². The summed E-state index contributed by atoms with van der Waals surface area (Å²) in [6.07, 6.45) is 2.17. The Balaban J connectivity index is 1.57. The summed E-state index contributed by atoms with van der Waals surface area (Å²) >= 11 is 1.57. The number of piperidine rings is 1. The maximum absolute atomic E-state index is 12.5. The van der Waals surface area contributed by atoms with Crippen LogP contribution < -0.4 is 0 Å². The van der Waals surface area contributed by atoms with Crippen molar-refractivity contribution in [3.63, 3.8) is 0 Å². The lowest BCUT2D eigenvalue weighted by Gasteiger charge is -2.43. The highest BCUT2D eigenvalue weighted by atomic mass is 32.2. The van der Waals surface area contributed by atoms with Crippen LogP contribution in [0.3, 0.4) is 0 Å². The lowest BCUT2D eigenvalue weighted by molar-refractivity contribution is -0.159. The fourth-order valence-electron chi connectivity index (χ4n) is 2.90. The van der Waals surface area contributed by atoms with E-state index in [2.05, 4.69) is 4.98 Å². The van der Waals surface area contributed by atoms with Crippen molar-refractivity contribution in [1.82, 2.24) is 14.8 Å². The molecular weight excluding hydrogens is 302 g/mol. The van der Waals surface area contributed by atoms with Crippen molar-refractivity contribution in [3.05, 3.63) is 24.4 Å². The molecule has 2 saturated heterocycles. The molecule has 118 valence electrons. The number of fused-ring (bicyclic) bond motifs is 1. The second-order valence-electron chi connectivity index (χ2n) is 5.56. The molecule has 2 atom stereocenters. The van der Waals surface area contributed by atoms with E-state index in [1.54, 1.807) is 27.8 Å². The maximum atomic E-state index is 12.5. The predicted molar refractivity (Wildman–Crippen MR) is 82.3 cm³/mol. The summed E-state index contributed by atoms with van der Waals surface area (Å²) in [5.74, 6) is 0.644. The van der Waals surface area contributed by atoms with Gasteiger partial charge in [-0.3, -0.25) is 9.59 Å². The van der Waals surface area contributed by atoms with E-state index in [0.717, 1.165) is 5.03 Å². The zero-order valence-electron chi connectivity index (χ0n) is 12.2. The molecule has 1 aromatic rings. The molecule has 0 bridgehead atoms. The molecule has 3 heterocycles. The average molecular weight is 321 g/mol. The Kier molecular flexibility index (Phi) is 4.63. The number of aliphatic hydroxyl groups is 1. The predicted octanol–water partition coefficient (Wildman–Crippen LogP) is 0.368. The minimum Gasteiger partial charge on any atom is -0.393 e. The minimum atomic E-state index is -0.485. The first-order valence-electron chi connectivity index (χ1n) is 7.45. The van der Waals surface area contributed by atoms with Crippen molar-refractivity contribution in [2.75, 3.05) is 25.4 Å². The molecule has 3 rings (SSSR count). The van der Waals surface area contributed by atoms with Crippen molar-refractivity contribution < 1.29 is 14.7 Å². The number of amides is 2. The van der Waals surface area contributed by atoms with Gasteiger partial charge in [0.2, 0.25) is 11.8 Å². The molecule has 22 heavy (non-hydrogen) atoms. The summed E-state index contributed by atoms with van der Waals surface area (Å²) in [6.45, 7) is 1.15. The smallest absolute Gasteiger partial charge is 0.245 e. The number of rotatable bonds is 4. The molecule has 2 aliphatic heterocycles. The third kappa shape index (κ3) is 3.25. The van der Waals surface area contributed by atoms with E-state index in [4.69, 9.17) is 0 Å². The van der Waals surface area contributed by atoms with E-state index in [9.17, 15) is 14.7 Å². The minimum absolute atomic E-state index is 0.0145. The van der Waals surface area contributed by atoms with Gasteiger partial charge in [0.15, 0.2) is 0 Å². The van der Waals surface area contributed by atoms with Crippen LogP contribution in [-0.2, 0) is 9.59 Å². The molecule has 1 aromatic heterocycles. The molecule has 0 aliphatic carbocycles. The highest BCUT2D eigenvalue weighted by Crippen LogP contribution is 2.24. The van der Waals surface area contributed by atoms with Gasteiger partial charge in [-0.05, 0) is 18.6 Å². The van der Waals surface area contributed by atoms with Gasteiger partial charge in [-0.25, -0.2) is 4.98 Å². The number of nitrogens with zero attached hydrogens (tertiary/aromatic N) is 3. The fourth-order valence-corrected chi connectivity index (χ4v) is 3.74. The van der Waals surface area contributed by atoms with Crippen LogP contribution in [-0.4, -0.2) is 69.2 Å². The van der Waals surface area contributed by atoms with Gasteiger partial charge >= 0.3 is 0 Å². The monoisotopic (exact) mass is 321 g/mol. The highest BCUT2D eigenvalue weighted by molar-refractivity contribution is 7.99. The Morgan fingerprint density at radius 3 is 3.00 bits per heavy atom. The van der Waals surface area contributed by atoms with Crippen molar-refractivity contribution >= 4 is 23.6 Å². The summed E-state index contributed by atoms with van der Waals surface area (Å²) in [4.78, 5) is 32.1. The van der Waals surface area contributed by atoms with Crippen LogP contribution in [0.15, 0.2) is 29.4 Å². The largest absolute Gasteiger partial charge is 0.393 e. The average Bonchev–Trinajstić information content (AvgIpc) is 2.53. The van der Waals surface area contributed by atoms with Crippen LogP contribution in [0.4, 0.5) is 0 Å². The van der Waals surface area contributed by atoms with E-state index < -0.39 is 12.1 Å². The lowest BCUT2D eigenvalue weighted by Crippen LogP contribution is -2.63. The first-order chi connectivity index (χ1) is 10.6. The Labute approximate surface area is 133 Å². The van der Waals surface area contributed by atoms with Crippen molar-refractivity contribution in [1.29, 1.82) is 0 Å². The molecule has 0 radical (unpaired) electrons. The van der Waals surface area contributed by atoms with Crippen LogP contribution in [0, 0.1) is 0 Å². The van der Waals surface area contributed by atoms with Gasteiger partial charge in [-0.15, -0.1) is 11.8 Å². The molecule has 6 nitrogen and oxygen atoms in total. The summed E-state index contributed by atoms with van der Waals surface area (Å²) in [6, 6.07) is 5.23. The summed E-state index contributed by atoms with van der Waals surface area (Å²) in [5.41, 5.74) is 0. The Morgan fingerprint density at radius 2 is 2.23 bits per heavy atom. The number of hydrogen-bond acceptors (Lipinski definition) is 5. The van der Waals surface area contributed by atoms with Gasteiger partial charge in [0, 0.05) is 31.5 Å². The van der Waals surface area contributed by atoms with Crippen LogP contribution in [0.2, 0.25) is 0 Å². The zero-order chi connectivity index (χ0) is 15.5. The number of thioether (sulfide) groups is 1. The third-order valence-electron chi connectivity index (χ3n) is 4.07. The normalized spacial score (nSPS) is 25.3. The number of carbonyl (C=O) groups excluding carboxylic acids is 2. The van der Waals surface area contributed by atoms with Crippen LogP contribution >= 0.6 is 11.8 Å². The van der Waals surface area contributed by atoms with Gasteiger partial charge < -0.3 is 14.9 Å². The van der Waals surface area contributed by atoms with Gasteiger partial charge in [0.25, 0.3) is 0 Å². The Hall–Kier alpha value is -1.60. The quantitative estimate of drug-likeness (QED) is 0.811. The van der Waals surface area contributed by atoms with Gasteiger partial charge in [0.05, 0.1) is 17.7 Å². The molecular formula is C15H19N3O3S. The fraction of sp³-hybridized carbons (Fsp3) is 0.533. The Morgan fingerprint density at radius 1 is 1.36 bits per heavy atom. The van der Waals surface area contributed by atoms with Crippen molar-refractivity contribution in [2.45, 2.75) is 30.0 Å². The molecule has 2 aliphatic rings. The standard InChI is InChI=1S/C15H19N3O3S/c19-11-4-6-18-12(9-11)15(21)17(10-14(18)20)7-8-22-13-3-1-2-5-16-13/h1-3,5,11-12,19H,4,6-10H2/t11-,12+/m1/s1. The van der Waals surface area contributed by atoms with E-state index in [0.29, 0.717) is 31.7 Å². The summed E-state index contributed by atoms with van der Waals surface area (Å²) < 4.78 is 0. The molecule has 0 aromatic carbocycles. The van der Waals surface area contributed by atoms with Gasteiger partial charge in [-0.2, -0.15) is 0 Å². The molecule has 1 N–H and O–H groups in total. The van der Waals surface area contributed by atoms with E-state index >= 15 is 0 Å². The van der Waals surface area contributed by atoms with E-state index in [1.165, 1.54) is 0 Å². The summed E-state index contributed by atoms with van der Waals surface area (Å²) in [7, 11) is 0. The second kappa shape index (κ2) is 6.66. The third-order valence-corrected chi connectivity index (χ3v) is 4.99. The van der Waals surface area contributed by atoms with Crippen LogP contribution in [0.25, 0.3) is 0 Å². The lowest BCUT2D eigenvalue weighted by atomic mass is 9.96. The topological polar surface area (TPSA) is 73.7 Å². The maximum Gasteiger partial charge on any atom is 0.245 e. The molecule has 0 unspecified atom stereocenters. The molecule has 7 heteroatoms. The number of hydrogen-bond donors (Lipinski definition) is 1. The Bertz CT molecular complexity index is 554. The van der Waals surface area contributed by atoms with Gasteiger partial charge in [0.1, 0.15) is 6.04 Å². The molecule has 0 saturated carbocycles. The number of piperazine rings is 1. The first-order valence-corrected chi connectivity index (χ1v) is 8.44. The summed E-state index contributed by atoms with van der Waals surface area (Å²) in [5, 5.41) is 10.7. The van der Waals surface area contributed by atoms with E-state index in [-0.39, 0.29) is 18.4 Å². The van der Waals surface area contributed by atoms with Crippen molar-refractivity contribution in [3.8, 4) is 0 Å². The number of carbonyl (C=O) groups is 2. The molecule has 2 fully saturated rings. The number of pyridine rings is 1. The van der Waals surface area contributed by atoms with Gasteiger partial charge in [-0.1, -0.05) is 6.07 Å². The first kappa shape index (κ1) is 15.3. The van der Waals surface area contributed by atoms with Crippen molar-refractivity contribution in [2.24, 2.45) is 0 Å². The molecule has 0 spiro atoms. The number of aliphatic hydroxyl groups excluding tert-OH is 1.